The van der Waals surface area contributed by atoms with Crippen molar-refractivity contribution in [2.75, 3.05) is 6.54 Å². The predicted octanol–water partition coefficient (Wildman–Crippen LogP) is 2.72. The zero-order valence-corrected chi connectivity index (χ0v) is 11.0. The minimum Gasteiger partial charge on any atom is -0.314 e. The van der Waals surface area contributed by atoms with Crippen molar-refractivity contribution in [1.82, 2.24) is 14.7 Å². The highest BCUT2D eigenvalue weighted by Gasteiger charge is 2.24. The van der Waals surface area contributed by atoms with Crippen LogP contribution in [-0.4, -0.2) is 22.0 Å². The average Bonchev–Trinajstić information content (AvgIpc) is 2.95. The molecule has 0 radical (unpaired) electrons. The summed E-state index contributed by atoms with van der Waals surface area (Å²) in [4.78, 5) is 5.79. The Labute approximate surface area is 106 Å². The lowest BCUT2D eigenvalue weighted by Gasteiger charge is -2.10. The molecule has 0 amide bonds. The van der Waals surface area contributed by atoms with Gasteiger partial charge < -0.3 is 5.32 Å². The number of fused-ring (bicyclic) bond motifs is 1. The molecule has 3 rings (SSSR count). The van der Waals surface area contributed by atoms with E-state index >= 15 is 0 Å². The zero-order chi connectivity index (χ0) is 11.7. The van der Waals surface area contributed by atoms with Crippen molar-refractivity contribution >= 4 is 16.3 Å². The van der Waals surface area contributed by atoms with Crippen molar-refractivity contribution in [2.24, 2.45) is 5.92 Å². The van der Waals surface area contributed by atoms with E-state index in [0.29, 0.717) is 0 Å². The van der Waals surface area contributed by atoms with Gasteiger partial charge >= 0.3 is 0 Å². The quantitative estimate of drug-likeness (QED) is 0.902. The summed E-state index contributed by atoms with van der Waals surface area (Å²) in [7, 11) is 0. The van der Waals surface area contributed by atoms with Crippen LogP contribution in [0.3, 0.4) is 0 Å². The van der Waals surface area contributed by atoms with E-state index in [9.17, 15) is 0 Å². The summed E-state index contributed by atoms with van der Waals surface area (Å²) < 4.78 is 2.14. The largest absolute Gasteiger partial charge is 0.314 e. The van der Waals surface area contributed by atoms with Crippen molar-refractivity contribution in [3.8, 4) is 0 Å². The summed E-state index contributed by atoms with van der Waals surface area (Å²) in [5.74, 6) is 0.823. The van der Waals surface area contributed by atoms with Crippen molar-refractivity contribution in [3.63, 3.8) is 0 Å². The van der Waals surface area contributed by atoms with Gasteiger partial charge in [0.1, 0.15) is 0 Å². The second-order valence-electron chi connectivity index (χ2n) is 4.96. The minimum atomic E-state index is 0.744. The predicted molar refractivity (Wildman–Crippen MR) is 71.6 cm³/mol. The van der Waals surface area contributed by atoms with Gasteiger partial charge in [0, 0.05) is 23.8 Å². The first-order valence-electron chi connectivity index (χ1n) is 6.49. The van der Waals surface area contributed by atoms with E-state index in [1.165, 1.54) is 25.0 Å². The first-order valence-corrected chi connectivity index (χ1v) is 7.37. The lowest BCUT2D eigenvalue weighted by Crippen LogP contribution is -2.25. The maximum Gasteiger partial charge on any atom is 0.193 e. The van der Waals surface area contributed by atoms with E-state index in [-0.39, 0.29) is 0 Å². The van der Waals surface area contributed by atoms with Gasteiger partial charge in [-0.15, -0.1) is 11.3 Å². The van der Waals surface area contributed by atoms with E-state index in [2.05, 4.69) is 39.4 Å². The molecule has 1 N–H and O–H groups in total. The standard InChI is InChI=1S/C13H19N3S/c1-2-14-11-4-3-10(7-11)8-12-9-16-5-6-17-13(16)15-12/h5-6,9-11,14H,2-4,7-8H2,1H3. The van der Waals surface area contributed by atoms with E-state index in [4.69, 9.17) is 0 Å². The number of hydrogen-bond acceptors (Lipinski definition) is 3. The third-order valence-corrected chi connectivity index (χ3v) is 4.45. The van der Waals surface area contributed by atoms with E-state index in [1.807, 2.05) is 0 Å². The Morgan fingerprint density at radius 3 is 3.29 bits per heavy atom. The van der Waals surface area contributed by atoms with Crippen molar-refractivity contribution in [2.45, 2.75) is 38.6 Å². The maximum atomic E-state index is 4.67. The van der Waals surface area contributed by atoms with Gasteiger partial charge in [-0.3, -0.25) is 4.40 Å². The van der Waals surface area contributed by atoms with E-state index < -0.39 is 0 Å². The minimum absolute atomic E-state index is 0.744. The smallest absolute Gasteiger partial charge is 0.193 e. The molecule has 92 valence electrons. The number of thiazole rings is 1. The average molecular weight is 249 g/mol. The summed E-state index contributed by atoms with van der Waals surface area (Å²) in [5.41, 5.74) is 1.26. The Kier molecular flexibility index (Phi) is 3.16. The van der Waals surface area contributed by atoms with Gasteiger partial charge in [0.05, 0.1) is 5.69 Å². The fourth-order valence-electron chi connectivity index (χ4n) is 2.90. The van der Waals surface area contributed by atoms with Crippen LogP contribution in [0.2, 0.25) is 0 Å². The van der Waals surface area contributed by atoms with Gasteiger partial charge in [-0.2, -0.15) is 0 Å². The van der Waals surface area contributed by atoms with E-state index in [0.717, 1.165) is 29.9 Å². The van der Waals surface area contributed by atoms with Crippen molar-refractivity contribution < 1.29 is 0 Å². The van der Waals surface area contributed by atoms with Crippen LogP contribution >= 0.6 is 11.3 Å². The highest BCUT2D eigenvalue weighted by Crippen LogP contribution is 2.28. The molecule has 0 spiro atoms. The summed E-state index contributed by atoms with van der Waals surface area (Å²) in [6.45, 7) is 3.29. The molecule has 3 nitrogen and oxygen atoms in total. The normalized spacial score (nSPS) is 24.8. The molecule has 2 unspecified atom stereocenters. The molecule has 2 aromatic heterocycles. The first kappa shape index (κ1) is 11.2. The molecule has 1 fully saturated rings. The molecule has 0 aliphatic heterocycles. The molecule has 4 heteroatoms. The molecule has 2 heterocycles. The van der Waals surface area contributed by atoms with Crippen LogP contribution in [0.15, 0.2) is 17.8 Å². The number of imidazole rings is 1. The monoisotopic (exact) mass is 249 g/mol. The van der Waals surface area contributed by atoms with Crippen LogP contribution in [0.5, 0.6) is 0 Å². The Balaban J connectivity index is 1.62. The Bertz CT molecular complexity index is 459. The Morgan fingerprint density at radius 2 is 2.47 bits per heavy atom. The van der Waals surface area contributed by atoms with E-state index in [1.54, 1.807) is 11.3 Å². The molecule has 17 heavy (non-hydrogen) atoms. The van der Waals surface area contributed by atoms with Gasteiger partial charge in [-0.05, 0) is 38.1 Å². The fraction of sp³-hybridized carbons (Fsp3) is 0.615. The van der Waals surface area contributed by atoms with Crippen LogP contribution in [0, 0.1) is 5.92 Å². The summed E-state index contributed by atoms with van der Waals surface area (Å²) in [6.07, 6.45) is 9.43. The van der Waals surface area contributed by atoms with Crippen molar-refractivity contribution in [1.29, 1.82) is 0 Å². The second kappa shape index (κ2) is 4.78. The van der Waals surface area contributed by atoms with Gasteiger partial charge in [0.15, 0.2) is 4.96 Å². The van der Waals surface area contributed by atoms with Crippen LogP contribution in [0.25, 0.3) is 4.96 Å². The number of rotatable bonds is 4. The van der Waals surface area contributed by atoms with Crippen LogP contribution in [0.4, 0.5) is 0 Å². The number of aromatic nitrogens is 2. The molecular formula is C13H19N3S. The van der Waals surface area contributed by atoms with Crippen LogP contribution < -0.4 is 5.32 Å². The van der Waals surface area contributed by atoms with Gasteiger partial charge in [-0.1, -0.05) is 6.92 Å². The van der Waals surface area contributed by atoms with Gasteiger partial charge in [-0.25, -0.2) is 4.98 Å². The molecule has 2 aromatic rings. The molecule has 1 aliphatic rings. The topological polar surface area (TPSA) is 29.3 Å². The highest BCUT2D eigenvalue weighted by atomic mass is 32.1. The zero-order valence-electron chi connectivity index (χ0n) is 10.2. The van der Waals surface area contributed by atoms with Crippen LogP contribution in [-0.2, 0) is 6.42 Å². The number of hydrogen-bond donors (Lipinski definition) is 1. The fourth-order valence-corrected chi connectivity index (χ4v) is 3.62. The lowest BCUT2D eigenvalue weighted by atomic mass is 10.0. The first-order chi connectivity index (χ1) is 8.35. The van der Waals surface area contributed by atoms with Gasteiger partial charge in [0.2, 0.25) is 0 Å². The second-order valence-corrected chi connectivity index (χ2v) is 5.84. The van der Waals surface area contributed by atoms with Crippen LogP contribution in [0.1, 0.15) is 31.9 Å². The summed E-state index contributed by atoms with van der Waals surface area (Å²) in [5, 5.41) is 5.64. The molecule has 0 saturated heterocycles. The number of nitrogens with zero attached hydrogens (tertiary/aromatic N) is 2. The molecule has 1 saturated carbocycles. The SMILES string of the molecule is CCNC1CCC(Cc2cn3ccsc3n2)C1. The molecule has 0 bridgehead atoms. The highest BCUT2D eigenvalue weighted by molar-refractivity contribution is 7.15. The summed E-state index contributed by atoms with van der Waals surface area (Å²) in [6, 6.07) is 0.744. The van der Waals surface area contributed by atoms with Gasteiger partial charge in [0.25, 0.3) is 0 Å². The summed E-state index contributed by atoms with van der Waals surface area (Å²) >= 11 is 1.71. The Morgan fingerprint density at radius 1 is 1.53 bits per heavy atom. The lowest BCUT2D eigenvalue weighted by molar-refractivity contribution is 0.491. The molecular weight excluding hydrogens is 230 g/mol. The number of nitrogens with one attached hydrogen (secondary N) is 1. The molecule has 0 aromatic carbocycles. The molecule has 2 atom stereocenters. The Hall–Kier alpha value is -0.870. The maximum absolute atomic E-state index is 4.67. The third kappa shape index (κ3) is 2.38. The third-order valence-electron chi connectivity index (χ3n) is 3.67. The molecule has 1 aliphatic carbocycles. The van der Waals surface area contributed by atoms with Crippen molar-refractivity contribution in [3.05, 3.63) is 23.5 Å².